The van der Waals surface area contributed by atoms with E-state index in [0.717, 1.165) is 10.5 Å². The fourth-order valence-electron chi connectivity index (χ4n) is 5.70. The Kier molecular flexibility index (Phi) is 4.84. The Labute approximate surface area is 208 Å². The summed E-state index contributed by atoms with van der Waals surface area (Å²) in [6.45, 7) is 0. The Bertz CT molecular complexity index is 1410. The van der Waals surface area contributed by atoms with Gasteiger partial charge in [0.15, 0.2) is 0 Å². The second kappa shape index (κ2) is 7.73. The average Bonchev–Trinajstić information content (AvgIpc) is 3.40. The molecule has 1 spiro atoms. The van der Waals surface area contributed by atoms with E-state index in [2.05, 4.69) is 26.6 Å². The van der Waals surface area contributed by atoms with Crippen LogP contribution in [-0.4, -0.2) is 28.9 Å². The molecule has 7 nitrogen and oxygen atoms in total. The molecular weight excluding hydrogens is 517 g/mol. The lowest BCUT2D eigenvalue weighted by Crippen LogP contribution is -2.53. The largest absolute Gasteiger partial charge is 0.508 e. The molecule has 0 bridgehead atoms. The van der Waals surface area contributed by atoms with Crippen LogP contribution in [0.3, 0.4) is 0 Å². The molecule has 3 aromatic rings. The van der Waals surface area contributed by atoms with Crippen LogP contribution in [0.1, 0.15) is 11.1 Å². The van der Waals surface area contributed by atoms with E-state index in [4.69, 9.17) is 0 Å². The number of anilines is 2. The summed E-state index contributed by atoms with van der Waals surface area (Å²) in [5, 5.41) is 15.7. The smallest absolute Gasteiger partial charge is 0.250 e. The summed E-state index contributed by atoms with van der Waals surface area (Å²) in [7, 11) is 0. The Balaban J connectivity index is 1.50. The molecular formula is C26H19BrFN3O4. The molecule has 3 aliphatic rings. The van der Waals surface area contributed by atoms with Crippen molar-refractivity contribution in [3.63, 3.8) is 0 Å². The molecule has 3 N–H and O–H groups in total. The Hall–Kier alpha value is -3.56. The minimum atomic E-state index is -1.59. The van der Waals surface area contributed by atoms with Gasteiger partial charge in [0.1, 0.15) is 17.1 Å². The maximum Gasteiger partial charge on any atom is 0.250 e. The first-order valence-corrected chi connectivity index (χ1v) is 11.9. The van der Waals surface area contributed by atoms with Crippen molar-refractivity contribution in [2.24, 2.45) is 11.8 Å². The van der Waals surface area contributed by atoms with Gasteiger partial charge in [0.2, 0.25) is 17.7 Å². The lowest BCUT2D eigenvalue weighted by molar-refractivity contribution is -0.130. The van der Waals surface area contributed by atoms with Crippen LogP contribution in [0.15, 0.2) is 71.2 Å². The molecule has 4 atom stereocenters. The van der Waals surface area contributed by atoms with Gasteiger partial charge in [-0.15, -0.1) is 0 Å². The number of imide groups is 1. The Morgan fingerprint density at radius 2 is 1.77 bits per heavy atom. The van der Waals surface area contributed by atoms with Gasteiger partial charge in [0.25, 0.3) is 0 Å². The second-order valence-corrected chi connectivity index (χ2v) is 9.98. The first-order valence-electron chi connectivity index (χ1n) is 11.1. The lowest BCUT2D eigenvalue weighted by atomic mass is 9.76. The highest BCUT2D eigenvalue weighted by molar-refractivity contribution is 9.10. The molecule has 3 aliphatic heterocycles. The van der Waals surface area contributed by atoms with E-state index in [0.29, 0.717) is 27.8 Å². The molecule has 0 unspecified atom stereocenters. The van der Waals surface area contributed by atoms with E-state index in [1.165, 1.54) is 18.2 Å². The van der Waals surface area contributed by atoms with E-state index >= 15 is 0 Å². The van der Waals surface area contributed by atoms with Crippen molar-refractivity contribution in [1.29, 1.82) is 0 Å². The molecule has 35 heavy (non-hydrogen) atoms. The maximum absolute atomic E-state index is 14.4. The number of nitrogens with zero attached hydrogens (tertiary/aromatic N) is 1. The van der Waals surface area contributed by atoms with Crippen molar-refractivity contribution in [2.75, 3.05) is 10.2 Å². The molecule has 2 saturated heterocycles. The number of phenols is 1. The van der Waals surface area contributed by atoms with E-state index in [1.807, 2.05) is 0 Å². The van der Waals surface area contributed by atoms with Gasteiger partial charge in [-0.25, -0.2) is 9.29 Å². The lowest BCUT2D eigenvalue weighted by Gasteiger charge is -2.29. The number of carbonyl (C=O) groups is 3. The number of aromatic hydroxyl groups is 1. The third kappa shape index (κ3) is 3.15. The van der Waals surface area contributed by atoms with Gasteiger partial charge in [-0.1, -0.05) is 34.1 Å². The van der Waals surface area contributed by atoms with Gasteiger partial charge in [-0.05, 0) is 60.5 Å². The summed E-state index contributed by atoms with van der Waals surface area (Å²) < 4.78 is 15.1. The fourth-order valence-corrected chi connectivity index (χ4v) is 6.09. The number of hydrogen-bond donors (Lipinski definition) is 3. The van der Waals surface area contributed by atoms with Gasteiger partial charge in [-0.3, -0.25) is 19.7 Å². The highest BCUT2D eigenvalue weighted by Gasteiger charge is 2.70. The van der Waals surface area contributed by atoms with Gasteiger partial charge >= 0.3 is 0 Å². The van der Waals surface area contributed by atoms with Crippen molar-refractivity contribution >= 4 is 45.0 Å². The number of amides is 3. The number of benzene rings is 3. The summed E-state index contributed by atoms with van der Waals surface area (Å²) in [4.78, 5) is 42.3. The number of phenolic OH excluding ortho intramolecular Hbond substituents is 1. The van der Waals surface area contributed by atoms with E-state index < -0.39 is 47.0 Å². The highest BCUT2D eigenvalue weighted by Crippen LogP contribution is 2.54. The quantitative estimate of drug-likeness (QED) is 0.446. The van der Waals surface area contributed by atoms with Crippen molar-refractivity contribution < 1.29 is 23.9 Å². The summed E-state index contributed by atoms with van der Waals surface area (Å²) in [5.41, 5.74) is 0.365. The molecule has 9 heteroatoms. The maximum atomic E-state index is 14.4. The first-order chi connectivity index (χ1) is 16.8. The van der Waals surface area contributed by atoms with Crippen LogP contribution in [0, 0.1) is 17.7 Å². The first kappa shape index (κ1) is 21.9. The molecule has 3 heterocycles. The zero-order chi connectivity index (χ0) is 24.5. The van der Waals surface area contributed by atoms with Crippen LogP contribution < -0.4 is 15.5 Å². The molecule has 0 saturated carbocycles. The van der Waals surface area contributed by atoms with Crippen molar-refractivity contribution in [3.8, 4) is 5.75 Å². The molecule has 0 radical (unpaired) electrons. The standard InChI is InChI=1S/C26H19BrFN3O4/c27-14-2-1-3-16(11-14)31-23(33)21-20(10-13-4-7-17(32)8-5-13)30-26(22(21)24(31)34)18-12-15(28)6-9-19(18)29-25(26)35/h1-9,11-12,20-22,30,32H,10H2,(H,29,35)/t20-,21+,22-,26-/m0/s1. The Morgan fingerprint density at radius 1 is 1.00 bits per heavy atom. The van der Waals surface area contributed by atoms with Crippen LogP contribution in [-0.2, 0) is 26.3 Å². The number of hydrogen-bond acceptors (Lipinski definition) is 5. The van der Waals surface area contributed by atoms with Gasteiger partial charge < -0.3 is 10.4 Å². The molecule has 176 valence electrons. The zero-order valence-corrected chi connectivity index (χ0v) is 19.8. The normalized spacial score (nSPS) is 26.9. The predicted octanol–water partition coefficient (Wildman–Crippen LogP) is 3.46. The summed E-state index contributed by atoms with van der Waals surface area (Å²) in [6, 6.07) is 16.8. The second-order valence-electron chi connectivity index (χ2n) is 9.07. The number of fused-ring (bicyclic) bond motifs is 4. The van der Waals surface area contributed by atoms with Crippen LogP contribution >= 0.6 is 15.9 Å². The SMILES string of the molecule is O=C1[C@@H]2[C@H](Cc3ccc(O)cc3)N[C@]3(C(=O)Nc4ccc(F)cc43)[C@@H]2C(=O)N1c1cccc(Br)c1. The molecule has 3 amide bonds. The van der Waals surface area contributed by atoms with E-state index in [1.54, 1.807) is 48.5 Å². The molecule has 6 rings (SSSR count). The summed E-state index contributed by atoms with van der Waals surface area (Å²) in [5.74, 6) is -3.75. The van der Waals surface area contributed by atoms with Crippen LogP contribution in [0.5, 0.6) is 5.75 Å². The number of rotatable bonds is 3. The third-order valence-corrected chi connectivity index (χ3v) is 7.63. The van der Waals surface area contributed by atoms with E-state index in [9.17, 15) is 23.9 Å². The van der Waals surface area contributed by atoms with Gasteiger partial charge in [0.05, 0.1) is 17.5 Å². The van der Waals surface area contributed by atoms with Gasteiger partial charge in [0, 0.05) is 21.8 Å². The summed E-state index contributed by atoms with van der Waals surface area (Å²) in [6.07, 6.45) is 0.326. The number of carbonyl (C=O) groups excluding carboxylic acids is 3. The predicted molar refractivity (Wildman–Crippen MR) is 129 cm³/mol. The molecule has 0 aromatic heterocycles. The number of nitrogens with one attached hydrogen (secondary N) is 2. The highest BCUT2D eigenvalue weighted by atomic mass is 79.9. The fraction of sp³-hybridized carbons (Fsp3) is 0.192. The van der Waals surface area contributed by atoms with Crippen molar-refractivity contribution in [2.45, 2.75) is 18.0 Å². The van der Waals surface area contributed by atoms with Crippen LogP contribution in [0.2, 0.25) is 0 Å². The van der Waals surface area contributed by atoms with Gasteiger partial charge in [-0.2, -0.15) is 0 Å². The zero-order valence-electron chi connectivity index (χ0n) is 18.2. The molecule has 0 aliphatic carbocycles. The average molecular weight is 536 g/mol. The molecule has 3 aromatic carbocycles. The summed E-state index contributed by atoms with van der Waals surface area (Å²) >= 11 is 3.38. The minimum Gasteiger partial charge on any atom is -0.508 e. The Morgan fingerprint density at radius 3 is 2.51 bits per heavy atom. The topological polar surface area (TPSA) is 98.7 Å². The van der Waals surface area contributed by atoms with Crippen LogP contribution in [0.4, 0.5) is 15.8 Å². The van der Waals surface area contributed by atoms with Crippen molar-refractivity contribution in [3.05, 3.63) is 88.1 Å². The number of halogens is 2. The third-order valence-electron chi connectivity index (χ3n) is 7.14. The van der Waals surface area contributed by atoms with Crippen LogP contribution in [0.25, 0.3) is 0 Å². The molecule has 2 fully saturated rings. The minimum absolute atomic E-state index is 0.106. The van der Waals surface area contributed by atoms with Crippen molar-refractivity contribution in [1.82, 2.24) is 5.32 Å². The van der Waals surface area contributed by atoms with E-state index in [-0.39, 0.29) is 5.75 Å². The monoisotopic (exact) mass is 535 g/mol.